The number of carboxylic acid groups (broad SMARTS) is 1. The van der Waals surface area contributed by atoms with E-state index < -0.39 is 16.8 Å². The Morgan fingerprint density at radius 3 is 2.36 bits per heavy atom. The van der Waals surface area contributed by atoms with Crippen LogP contribution >= 0.6 is 11.6 Å². The summed E-state index contributed by atoms with van der Waals surface area (Å²) in [5.41, 5.74) is 0.191. The largest absolute Gasteiger partial charge is 0.478 e. The van der Waals surface area contributed by atoms with Gasteiger partial charge < -0.3 is 5.11 Å². The molecule has 0 saturated carbocycles. The Morgan fingerprint density at radius 1 is 1.36 bits per heavy atom. The summed E-state index contributed by atoms with van der Waals surface area (Å²) in [7, 11) is -1.13. The van der Waals surface area contributed by atoms with E-state index in [9.17, 15) is 9.00 Å². The molecule has 1 aromatic carbocycles. The molecule has 0 fully saturated rings. The van der Waals surface area contributed by atoms with Gasteiger partial charge >= 0.3 is 5.97 Å². The SMILES string of the molecule is O=C(O)c1ccc(S(=O)CCCl)cc1. The van der Waals surface area contributed by atoms with Gasteiger partial charge in [0.1, 0.15) is 0 Å². The lowest BCUT2D eigenvalue weighted by molar-refractivity contribution is 0.0697. The summed E-state index contributed by atoms with van der Waals surface area (Å²) in [6.45, 7) is 0. The maximum absolute atomic E-state index is 11.4. The van der Waals surface area contributed by atoms with Gasteiger partial charge in [0, 0.05) is 16.5 Å². The molecule has 0 aliphatic rings. The van der Waals surface area contributed by atoms with Crippen LogP contribution in [0.25, 0.3) is 0 Å². The van der Waals surface area contributed by atoms with Gasteiger partial charge in [0.15, 0.2) is 0 Å². The molecule has 14 heavy (non-hydrogen) atoms. The minimum Gasteiger partial charge on any atom is -0.478 e. The first kappa shape index (κ1) is 11.2. The summed E-state index contributed by atoms with van der Waals surface area (Å²) >= 11 is 5.44. The fraction of sp³-hybridized carbons (Fsp3) is 0.222. The van der Waals surface area contributed by atoms with Crippen LogP contribution in [0.5, 0.6) is 0 Å². The molecule has 0 aliphatic heterocycles. The lowest BCUT2D eigenvalue weighted by Gasteiger charge is -1.99. The maximum atomic E-state index is 11.4. The number of halogens is 1. The van der Waals surface area contributed by atoms with E-state index in [1.165, 1.54) is 12.1 Å². The summed E-state index contributed by atoms with van der Waals surface area (Å²) in [5, 5.41) is 8.62. The van der Waals surface area contributed by atoms with E-state index >= 15 is 0 Å². The van der Waals surface area contributed by atoms with E-state index in [1.54, 1.807) is 12.1 Å². The molecule has 1 atom stereocenters. The van der Waals surface area contributed by atoms with Gasteiger partial charge in [-0.05, 0) is 24.3 Å². The number of hydrogen-bond acceptors (Lipinski definition) is 2. The molecule has 76 valence electrons. The van der Waals surface area contributed by atoms with Crippen molar-refractivity contribution in [1.82, 2.24) is 0 Å². The minimum atomic E-state index is -1.13. The van der Waals surface area contributed by atoms with Crippen molar-refractivity contribution >= 4 is 28.4 Å². The first-order valence-electron chi connectivity index (χ1n) is 3.93. The number of benzene rings is 1. The summed E-state index contributed by atoms with van der Waals surface area (Å²) < 4.78 is 11.4. The van der Waals surface area contributed by atoms with Crippen molar-refractivity contribution in [2.45, 2.75) is 4.90 Å². The molecule has 1 aromatic rings. The molecule has 0 aliphatic carbocycles. The van der Waals surface area contributed by atoms with E-state index in [-0.39, 0.29) is 5.56 Å². The van der Waals surface area contributed by atoms with Gasteiger partial charge in [-0.1, -0.05) is 0 Å². The second-order valence-electron chi connectivity index (χ2n) is 2.57. The molecule has 0 radical (unpaired) electrons. The first-order valence-corrected chi connectivity index (χ1v) is 5.78. The van der Waals surface area contributed by atoms with Gasteiger partial charge in [-0.3, -0.25) is 4.21 Å². The lowest BCUT2D eigenvalue weighted by atomic mass is 10.2. The predicted molar refractivity (Wildman–Crippen MR) is 55.4 cm³/mol. The van der Waals surface area contributed by atoms with E-state index in [4.69, 9.17) is 16.7 Å². The standard InChI is InChI=1S/C9H9ClO3S/c10-5-6-14(13)8-3-1-7(2-4-8)9(11)12/h1-4H,5-6H2,(H,11,12). The first-order chi connectivity index (χ1) is 6.65. The normalized spacial score (nSPS) is 12.4. The number of carboxylic acids is 1. The zero-order valence-corrected chi connectivity index (χ0v) is 8.85. The monoisotopic (exact) mass is 232 g/mol. The van der Waals surface area contributed by atoms with E-state index in [0.29, 0.717) is 16.5 Å². The van der Waals surface area contributed by atoms with Crippen LogP contribution in [0.2, 0.25) is 0 Å². The summed E-state index contributed by atoms with van der Waals surface area (Å²) in [4.78, 5) is 11.1. The van der Waals surface area contributed by atoms with Crippen LogP contribution in [0.15, 0.2) is 29.2 Å². The topological polar surface area (TPSA) is 54.4 Å². The second kappa shape index (κ2) is 5.12. The number of alkyl halides is 1. The number of carbonyl (C=O) groups is 1. The van der Waals surface area contributed by atoms with Crippen molar-refractivity contribution < 1.29 is 14.1 Å². The molecule has 0 amide bonds. The summed E-state index contributed by atoms with van der Waals surface area (Å²) in [5.74, 6) is -0.277. The Hall–Kier alpha value is -0.870. The maximum Gasteiger partial charge on any atom is 0.335 e. The third-order valence-corrected chi connectivity index (χ3v) is 3.41. The van der Waals surface area contributed by atoms with E-state index in [1.807, 2.05) is 0 Å². The van der Waals surface area contributed by atoms with Gasteiger partial charge in [-0.15, -0.1) is 11.6 Å². The molecule has 0 spiro atoms. The van der Waals surface area contributed by atoms with Gasteiger partial charge in [-0.2, -0.15) is 0 Å². The summed E-state index contributed by atoms with van der Waals surface area (Å²) in [6, 6.07) is 5.96. The van der Waals surface area contributed by atoms with Crippen LogP contribution in [0, 0.1) is 0 Å². The van der Waals surface area contributed by atoms with Crippen molar-refractivity contribution in [1.29, 1.82) is 0 Å². The molecular formula is C9H9ClO3S. The lowest BCUT2D eigenvalue weighted by Crippen LogP contribution is -2.01. The van der Waals surface area contributed by atoms with Crippen LogP contribution in [0.4, 0.5) is 0 Å². The molecule has 0 bridgehead atoms. The Balaban J connectivity index is 2.83. The highest BCUT2D eigenvalue weighted by molar-refractivity contribution is 7.85. The highest BCUT2D eigenvalue weighted by Gasteiger charge is 2.05. The smallest absolute Gasteiger partial charge is 0.335 e. The van der Waals surface area contributed by atoms with Crippen molar-refractivity contribution in [3.63, 3.8) is 0 Å². The molecule has 1 N–H and O–H groups in total. The zero-order chi connectivity index (χ0) is 10.6. The fourth-order valence-corrected chi connectivity index (χ4v) is 2.17. The van der Waals surface area contributed by atoms with Gasteiger partial charge in [-0.25, -0.2) is 4.79 Å². The quantitative estimate of drug-likeness (QED) is 0.805. The predicted octanol–water partition coefficient (Wildman–Crippen LogP) is 1.73. The Kier molecular flexibility index (Phi) is 4.10. The molecule has 5 heteroatoms. The van der Waals surface area contributed by atoms with E-state index in [2.05, 4.69) is 0 Å². The minimum absolute atomic E-state index is 0.191. The van der Waals surface area contributed by atoms with Crippen molar-refractivity contribution in [3.8, 4) is 0 Å². The molecule has 0 aromatic heterocycles. The summed E-state index contributed by atoms with van der Waals surface area (Å²) in [6.07, 6.45) is 0. The average molecular weight is 233 g/mol. The molecule has 3 nitrogen and oxygen atoms in total. The highest BCUT2D eigenvalue weighted by atomic mass is 35.5. The second-order valence-corrected chi connectivity index (χ2v) is 4.52. The van der Waals surface area contributed by atoms with E-state index in [0.717, 1.165) is 0 Å². The van der Waals surface area contributed by atoms with Gasteiger partial charge in [0.2, 0.25) is 0 Å². The van der Waals surface area contributed by atoms with Crippen LogP contribution in [0.1, 0.15) is 10.4 Å². The van der Waals surface area contributed by atoms with Gasteiger partial charge in [0.25, 0.3) is 0 Å². The zero-order valence-electron chi connectivity index (χ0n) is 7.27. The average Bonchev–Trinajstić information content (AvgIpc) is 2.18. The van der Waals surface area contributed by atoms with Crippen molar-refractivity contribution in [3.05, 3.63) is 29.8 Å². The Bertz CT molecular complexity index is 348. The van der Waals surface area contributed by atoms with Crippen molar-refractivity contribution in [2.24, 2.45) is 0 Å². The Morgan fingerprint density at radius 2 is 1.93 bits per heavy atom. The van der Waals surface area contributed by atoms with Crippen molar-refractivity contribution in [2.75, 3.05) is 11.6 Å². The molecule has 0 saturated heterocycles. The number of aromatic carboxylic acids is 1. The number of rotatable bonds is 4. The number of hydrogen-bond donors (Lipinski definition) is 1. The fourth-order valence-electron chi connectivity index (χ4n) is 0.937. The highest BCUT2D eigenvalue weighted by Crippen LogP contribution is 2.09. The van der Waals surface area contributed by atoms with Crippen LogP contribution in [0.3, 0.4) is 0 Å². The Labute approximate surface area is 89.2 Å². The molecule has 1 unspecified atom stereocenters. The van der Waals surface area contributed by atoms with Crippen LogP contribution in [-0.4, -0.2) is 26.9 Å². The van der Waals surface area contributed by atoms with Gasteiger partial charge in [0.05, 0.1) is 16.4 Å². The molecular weight excluding hydrogens is 224 g/mol. The third-order valence-electron chi connectivity index (χ3n) is 1.63. The van der Waals surface area contributed by atoms with Crippen LogP contribution < -0.4 is 0 Å². The third kappa shape index (κ3) is 2.82. The molecule has 0 heterocycles. The van der Waals surface area contributed by atoms with Crippen LogP contribution in [-0.2, 0) is 10.8 Å². The molecule has 1 rings (SSSR count).